The van der Waals surface area contributed by atoms with Gasteiger partial charge in [-0.15, -0.1) is 0 Å². The molecule has 1 heterocycles. The quantitative estimate of drug-likeness (QED) is 0.311. The molecule has 7 heteroatoms. The molecule has 1 aliphatic heterocycles. The predicted molar refractivity (Wildman–Crippen MR) is 74.8 cm³/mol. The van der Waals surface area contributed by atoms with Crippen LogP contribution in [-0.2, 0) is 9.59 Å². The van der Waals surface area contributed by atoms with Gasteiger partial charge in [-0.05, 0) is 18.6 Å². The van der Waals surface area contributed by atoms with Crippen molar-refractivity contribution >= 4 is 29.6 Å². The second-order valence-corrected chi connectivity index (χ2v) is 5.91. The van der Waals surface area contributed by atoms with E-state index >= 15 is 0 Å². The molecule has 0 aliphatic carbocycles. The van der Waals surface area contributed by atoms with E-state index in [1.165, 1.54) is 7.05 Å². The standard InChI is InChI=1S/C13H22N2O3S.Na/c1-4-6-8-19-9-13(7-5-2)10(16)14-12(18)15(3)11(13)17;/h4-9H2,1-3H3,(H,14,16,18);/q;+1/p-1. The molecule has 108 valence electrons. The Bertz CT molecular complexity index is 390. The van der Waals surface area contributed by atoms with Gasteiger partial charge in [0.25, 0.3) is 5.91 Å². The number of amides is 2. The molecule has 0 saturated heterocycles. The Balaban J connectivity index is 0.00000361. The van der Waals surface area contributed by atoms with Gasteiger partial charge in [0, 0.05) is 12.8 Å². The van der Waals surface area contributed by atoms with Crippen LogP contribution in [0, 0.1) is 5.41 Å². The van der Waals surface area contributed by atoms with Gasteiger partial charge in [0.15, 0.2) is 0 Å². The van der Waals surface area contributed by atoms with Crippen molar-refractivity contribution in [3.05, 3.63) is 0 Å². The zero-order chi connectivity index (χ0) is 14.5. The number of carbonyl (C=O) groups excluding carboxylic acids is 2. The van der Waals surface area contributed by atoms with Crippen molar-refractivity contribution < 1.29 is 44.3 Å². The molecule has 0 aromatic carbocycles. The summed E-state index contributed by atoms with van der Waals surface area (Å²) in [6.07, 6.45) is 3.30. The summed E-state index contributed by atoms with van der Waals surface area (Å²) in [7, 11) is 1.39. The average molecular weight is 308 g/mol. The normalized spacial score (nSPS) is 22.6. The van der Waals surface area contributed by atoms with E-state index in [0.717, 1.165) is 23.5 Å². The van der Waals surface area contributed by atoms with Crippen LogP contribution in [0.5, 0.6) is 0 Å². The van der Waals surface area contributed by atoms with Crippen LogP contribution in [0.25, 0.3) is 0 Å². The largest absolute Gasteiger partial charge is 1.00 e. The first-order valence-corrected chi connectivity index (χ1v) is 7.81. The van der Waals surface area contributed by atoms with E-state index < -0.39 is 23.3 Å². The van der Waals surface area contributed by atoms with Gasteiger partial charge in [-0.2, -0.15) is 11.8 Å². The van der Waals surface area contributed by atoms with E-state index in [2.05, 4.69) is 11.9 Å². The van der Waals surface area contributed by atoms with Gasteiger partial charge in [-0.3, -0.25) is 9.59 Å². The van der Waals surface area contributed by atoms with Crippen molar-refractivity contribution in [2.75, 3.05) is 18.6 Å². The van der Waals surface area contributed by atoms with E-state index in [4.69, 9.17) is 0 Å². The van der Waals surface area contributed by atoms with Gasteiger partial charge in [0.1, 0.15) is 5.41 Å². The van der Waals surface area contributed by atoms with Crippen molar-refractivity contribution in [3.63, 3.8) is 0 Å². The maximum atomic E-state index is 12.3. The molecule has 0 aromatic heterocycles. The molecule has 0 saturated carbocycles. The topological polar surface area (TPSA) is 72.8 Å². The fourth-order valence-electron chi connectivity index (χ4n) is 2.10. The van der Waals surface area contributed by atoms with Gasteiger partial charge < -0.3 is 10.0 Å². The number of rotatable bonds is 7. The first-order chi connectivity index (χ1) is 8.99. The van der Waals surface area contributed by atoms with Crippen LogP contribution in [0.1, 0.15) is 39.5 Å². The fraction of sp³-hybridized carbons (Fsp3) is 0.769. The fourth-order valence-corrected chi connectivity index (χ4v) is 3.47. The van der Waals surface area contributed by atoms with Crippen molar-refractivity contribution in [2.45, 2.75) is 39.5 Å². The maximum Gasteiger partial charge on any atom is 1.00 e. The van der Waals surface area contributed by atoms with Gasteiger partial charge in [-0.1, -0.05) is 26.7 Å². The number of nitrogens with zero attached hydrogens (tertiary/aromatic N) is 2. The maximum absolute atomic E-state index is 12.3. The number of hydrogen-bond donors (Lipinski definition) is 0. The molecule has 0 bridgehead atoms. The molecule has 0 fully saturated rings. The van der Waals surface area contributed by atoms with Crippen molar-refractivity contribution in [1.29, 1.82) is 0 Å². The van der Waals surface area contributed by atoms with Crippen LogP contribution < -0.4 is 34.7 Å². The average Bonchev–Trinajstić information content (AvgIpc) is 2.39. The van der Waals surface area contributed by atoms with Crippen LogP contribution in [0.4, 0.5) is 0 Å². The van der Waals surface area contributed by atoms with E-state index in [9.17, 15) is 14.7 Å². The molecular formula is C13H21N2NaO3S. The zero-order valence-corrected chi connectivity index (χ0v) is 15.6. The Morgan fingerprint density at radius 2 is 1.95 bits per heavy atom. The second-order valence-electron chi connectivity index (χ2n) is 4.80. The summed E-state index contributed by atoms with van der Waals surface area (Å²) in [4.78, 5) is 28.9. The molecule has 0 spiro atoms. The van der Waals surface area contributed by atoms with E-state index in [1.807, 2.05) is 6.92 Å². The molecule has 0 radical (unpaired) electrons. The summed E-state index contributed by atoms with van der Waals surface area (Å²) in [5, 5.41) is 11.4. The van der Waals surface area contributed by atoms with Gasteiger partial charge in [0.05, 0.1) is 6.02 Å². The number of thioether (sulfide) groups is 1. The molecule has 0 N–H and O–H groups in total. The Morgan fingerprint density at radius 1 is 1.30 bits per heavy atom. The van der Waals surface area contributed by atoms with Crippen molar-refractivity contribution in [3.8, 4) is 0 Å². The van der Waals surface area contributed by atoms with Gasteiger partial charge >= 0.3 is 29.6 Å². The molecule has 0 aromatic rings. The summed E-state index contributed by atoms with van der Waals surface area (Å²) in [6, 6.07) is -0.750. The Hall–Kier alpha value is -0.0400. The molecule has 20 heavy (non-hydrogen) atoms. The predicted octanol–water partition coefficient (Wildman–Crippen LogP) is -1.97. The first kappa shape index (κ1) is 20.0. The summed E-state index contributed by atoms with van der Waals surface area (Å²) in [5.74, 6) is 0.370. The van der Waals surface area contributed by atoms with Crippen LogP contribution in [0.2, 0.25) is 0 Å². The Labute approximate surface area is 146 Å². The van der Waals surface area contributed by atoms with E-state index in [1.54, 1.807) is 11.8 Å². The number of hydrogen-bond acceptors (Lipinski definition) is 4. The van der Waals surface area contributed by atoms with Gasteiger partial charge in [0.2, 0.25) is 5.91 Å². The molecule has 1 atom stereocenters. The van der Waals surface area contributed by atoms with Crippen molar-refractivity contribution in [2.24, 2.45) is 10.4 Å². The minimum atomic E-state index is -1.13. The van der Waals surface area contributed by atoms with E-state index in [-0.39, 0.29) is 29.6 Å². The molecule has 1 aliphatic rings. The molecule has 1 rings (SSSR count). The first-order valence-electron chi connectivity index (χ1n) is 6.65. The minimum Gasteiger partial charge on any atom is -0.846 e. The Morgan fingerprint density at radius 3 is 2.50 bits per heavy atom. The molecular weight excluding hydrogens is 287 g/mol. The third-order valence-corrected chi connectivity index (χ3v) is 4.55. The summed E-state index contributed by atoms with van der Waals surface area (Å²) < 4.78 is 0. The zero-order valence-electron chi connectivity index (χ0n) is 12.8. The van der Waals surface area contributed by atoms with Crippen LogP contribution in [-0.4, -0.2) is 41.3 Å². The van der Waals surface area contributed by atoms with E-state index in [0.29, 0.717) is 18.6 Å². The molecule has 5 nitrogen and oxygen atoms in total. The SMILES string of the molecule is CCCCSCC1(CCC)C(=O)N=C([O-])N(C)C1=O.[Na+]. The monoisotopic (exact) mass is 308 g/mol. The Kier molecular flexibility index (Phi) is 9.06. The van der Waals surface area contributed by atoms with Crippen LogP contribution in [0.3, 0.4) is 0 Å². The second kappa shape index (κ2) is 9.07. The number of unbranched alkanes of at least 4 members (excludes halogenated alkanes) is 1. The number of carbonyl (C=O) groups is 2. The van der Waals surface area contributed by atoms with Crippen LogP contribution >= 0.6 is 11.8 Å². The molecule has 2 amide bonds. The summed E-state index contributed by atoms with van der Waals surface area (Å²) >= 11 is 1.59. The minimum absolute atomic E-state index is 0. The summed E-state index contributed by atoms with van der Waals surface area (Å²) in [5.41, 5.74) is -1.13. The van der Waals surface area contributed by atoms with Crippen molar-refractivity contribution in [1.82, 2.24) is 4.90 Å². The van der Waals surface area contributed by atoms with Gasteiger partial charge in [-0.25, -0.2) is 4.99 Å². The number of amidine groups is 1. The third kappa shape index (κ3) is 4.23. The third-order valence-electron chi connectivity index (χ3n) is 3.27. The molecule has 1 unspecified atom stereocenters. The summed E-state index contributed by atoms with van der Waals surface area (Å²) in [6.45, 7) is 4.02. The number of aliphatic imine (C=N–C) groups is 1. The smallest absolute Gasteiger partial charge is 0.846 e. The van der Waals surface area contributed by atoms with Crippen LogP contribution in [0.15, 0.2) is 4.99 Å².